The molecule has 200 valence electrons. The van der Waals surface area contributed by atoms with Crippen molar-refractivity contribution in [3.8, 4) is 28.6 Å². The van der Waals surface area contributed by atoms with Gasteiger partial charge in [0.15, 0.2) is 5.82 Å². The number of benzene rings is 1. The highest BCUT2D eigenvalue weighted by molar-refractivity contribution is 7.93. The highest BCUT2D eigenvalue weighted by Gasteiger charge is 2.34. The van der Waals surface area contributed by atoms with Crippen LogP contribution in [0.4, 0.5) is 5.95 Å². The van der Waals surface area contributed by atoms with Crippen molar-refractivity contribution < 1.29 is 22.6 Å². The summed E-state index contributed by atoms with van der Waals surface area (Å²) >= 11 is 0. The number of aryl methyl sites for hydroxylation is 2. The number of methoxy groups -OCH3 is 3. The maximum atomic E-state index is 13.6. The third-order valence-electron chi connectivity index (χ3n) is 5.92. The second-order valence-electron chi connectivity index (χ2n) is 8.54. The molecule has 2 atom stereocenters. The van der Waals surface area contributed by atoms with E-state index in [-0.39, 0.29) is 5.95 Å². The summed E-state index contributed by atoms with van der Waals surface area (Å²) in [6.45, 7) is 5.21. The van der Waals surface area contributed by atoms with E-state index < -0.39 is 21.4 Å². The number of sulfonamides is 1. The standard InChI is InChI=1S/C25H29N7O5S/c1-15-10-18(13-26-11-15)24-29-30-25(32(24)22-20(35-4)8-7-9-21(22)36-5)31-38(33,34)17(3)23(37-6)19-14-27-16(2)12-28-19/h7-14,17,23H,1-6H3,(H,30,31)/t17?,23-/m0/s1. The van der Waals surface area contributed by atoms with Crippen LogP contribution in [-0.2, 0) is 14.8 Å². The summed E-state index contributed by atoms with van der Waals surface area (Å²) in [6, 6.07) is 7.09. The molecule has 4 aromatic rings. The average Bonchev–Trinajstić information content (AvgIpc) is 3.31. The van der Waals surface area contributed by atoms with Crippen LogP contribution in [0.1, 0.15) is 30.0 Å². The Morgan fingerprint density at radius 3 is 2.24 bits per heavy atom. The lowest BCUT2D eigenvalue weighted by Crippen LogP contribution is -2.33. The molecule has 12 nitrogen and oxygen atoms in total. The minimum absolute atomic E-state index is 0.0685. The molecule has 4 rings (SSSR count). The van der Waals surface area contributed by atoms with Gasteiger partial charge >= 0.3 is 0 Å². The molecule has 1 aromatic carbocycles. The summed E-state index contributed by atoms with van der Waals surface area (Å²) in [5, 5.41) is 7.44. The van der Waals surface area contributed by atoms with Crippen LogP contribution in [0.5, 0.6) is 11.5 Å². The maximum Gasteiger partial charge on any atom is 0.243 e. The zero-order valence-electron chi connectivity index (χ0n) is 21.9. The molecule has 0 spiro atoms. The van der Waals surface area contributed by atoms with Gasteiger partial charge in [0.1, 0.15) is 28.5 Å². The lowest BCUT2D eigenvalue weighted by atomic mass is 10.2. The molecule has 13 heteroatoms. The Bertz CT molecular complexity index is 1500. The Morgan fingerprint density at radius 2 is 1.66 bits per heavy atom. The molecule has 38 heavy (non-hydrogen) atoms. The first kappa shape index (κ1) is 26.9. The molecule has 3 aromatic heterocycles. The average molecular weight is 540 g/mol. The Balaban J connectivity index is 1.84. The fourth-order valence-electron chi connectivity index (χ4n) is 3.96. The number of nitrogens with zero attached hydrogens (tertiary/aromatic N) is 6. The van der Waals surface area contributed by atoms with Crippen LogP contribution in [0.2, 0.25) is 0 Å². The van der Waals surface area contributed by atoms with E-state index in [4.69, 9.17) is 14.2 Å². The fraction of sp³-hybridized carbons (Fsp3) is 0.320. The largest absolute Gasteiger partial charge is 0.494 e. The molecule has 0 saturated heterocycles. The molecule has 0 saturated carbocycles. The van der Waals surface area contributed by atoms with Crippen molar-refractivity contribution in [2.45, 2.75) is 32.1 Å². The Kier molecular flexibility index (Phi) is 7.88. The zero-order chi connectivity index (χ0) is 27.4. The summed E-state index contributed by atoms with van der Waals surface area (Å²) in [4.78, 5) is 12.8. The van der Waals surface area contributed by atoms with E-state index in [9.17, 15) is 8.42 Å². The van der Waals surface area contributed by atoms with E-state index in [2.05, 4.69) is 29.9 Å². The van der Waals surface area contributed by atoms with Crippen molar-refractivity contribution >= 4 is 16.0 Å². The number of hydrogen-bond donors (Lipinski definition) is 1. The second-order valence-corrected chi connectivity index (χ2v) is 10.6. The molecule has 0 amide bonds. The van der Waals surface area contributed by atoms with Crippen LogP contribution in [0.15, 0.2) is 49.1 Å². The molecule has 0 aliphatic heterocycles. The van der Waals surface area contributed by atoms with Gasteiger partial charge in [-0.3, -0.25) is 24.2 Å². The van der Waals surface area contributed by atoms with Crippen molar-refractivity contribution in [1.29, 1.82) is 0 Å². The summed E-state index contributed by atoms with van der Waals surface area (Å²) < 4.78 is 48.1. The molecule has 0 bridgehead atoms. The lowest BCUT2D eigenvalue weighted by Gasteiger charge is -2.23. The molecular formula is C25H29N7O5S. The van der Waals surface area contributed by atoms with Gasteiger partial charge in [-0.05, 0) is 44.5 Å². The first-order valence-electron chi connectivity index (χ1n) is 11.6. The third-order valence-corrected chi connectivity index (χ3v) is 7.61. The Morgan fingerprint density at radius 1 is 0.947 bits per heavy atom. The Hall–Kier alpha value is -4.10. The van der Waals surface area contributed by atoms with Crippen LogP contribution < -0.4 is 14.2 Å². The first-order chi connectivity index (χ1) is 18.2. The van der Waals surface area contributed by atoms with Gasteiger partial charge in [-0.25, -0.2) is 8.42 Å². The van der Waals surface area contributed by atoms with Gasteiger partial charge in [-0.2, -0.15) is 0 Å². The molecule has 0 aliphatic carbocycles. The number of hydrogen-bond acceptors (Lipinski definition) is 10. The molecule has 0 aliphatic rings. The third kappa shape index (κ3) is 5.29. The van der Waals surface area contributed by atoms with E-state index >= 15 is 0 Å². The summed E-state index contributed by atoms with van der Waals surface area (Å²) in [7, 11) is 0.343. The minimum atomic E-state index is -4.09. The topological polar surface area (TPSA) is 143 Å². The van der Waals surface area contributed by atoms with Gasteiger partial charge in [0.05, 0.1) is 31.8 Å². The van der Waals surface area contributed by atoms with E-state index in [1.54, 1.807) is 43.7 Å². The van der Waals surface area contributed by atoms with Crippen molar-refractivity contribution in [2.75, 3.05) is 26.1 Å². The van der Waals surface area contributed by atoms with E-state index in [0.29, 0.717) is 40.0 Å². The number of rotatable bonds is 10. The highest BCUT2D eigenvalue weighted by atomic mass is 32.2. The smallest absolute Gasteiger partial charge is 0.243 e. The summed E-state index contributed by atoms with van der Waals surface area (Å²) in [5.41, 5.74) is 3.01. The number of ether oxygens (including phenoxy) is 3. The summed E-state index contributed by atoms with van der Waals surface area (Å²) in [5.74, 6) is 1.11. The maximum absolute atomic E-state index is 13.6. The van der Waals surface area contributed by atoms with Crippen molar-refractivity contribution in [2.24, 2.45) is 0 Å². The minimum Gasteiger partial charge on any atom is -0.494 e. The number of pyridine rings is 1. The van der Waals surface area contributed by atoms with Crippen LogP contribution >= 0.6 is 0 Å². The van der Waals surface area contributed by atoms with Gasteiger partial charge in [-0.15, -0.1) is 10.2 Å². The van der Waals surface area contributed by atoms with Crippen LogP contribution in [0.25, 0.3) is 17.1 Å². The lowest BCUT2D eigenvalue weighted by molar-refractivity contribution is 0.0985. The van der Waals surface area contributed by atoms with Gasteiger partial charge in [0.2, 0.25) is 16.0 Å². The molecule has 0 radical (unpaired) electrons. The van der Waals surface area contributed by atoms with Crippen molar-refractivity contribution in [3.05, 3.63) is 66.0 Å². The Labute approximate surface area is 221 Å². The molecule has 1 unspecified atom stereocenters. The van der Waals surface area contributed by atoms with Crippen LogP contribution in [-0.4, -0.2) is 64.7 Å². The molecule has 1 N–H and O–H groups in total. The predicted octanol–water partition coefficient (Wildman–Crippen LogP) is 3.27. The fourth-order valence-corrected chi connectivity index (χ4v) is 5.11. The second kappa shape index (κ2) is 11.1. The van der Waals surface area contributed by atoms with Crippen molar-refractivity contribution in [1.82, 2.24) is 29.7 Å². The zero-order valence-corrected chi connectivity index (χ0v) is 22.7. The SMILES string of the molecule is COc1cccc(OC)c1-n1c(NS(=O)(=O)C(C)[C@H](OC)c2cnc(C)cn2)nnc1-c1cncc(C)c1. The first-order valence-corrected chi connectivity index (χ1v) is 13.2. The number of aromatic nitrogens is 6. The van der Waals surface area contributed by atoms with Gasteiger partial charge < -0.3 is 14.2 Å². The highest BCUT2D eigenvalue weighted by Crippen LogP contribution is 2.38. The quantitative estimate of drug-likeness (QED) is 0.319. The predicted molar refractivity (Wildman–Crippen MR) is 141 cm³/mol. The van der Waals surface area contributed by atoms with Crippen molar-refractivity contribution in [3.63, 3.8) is 0 Å². The molecular weight excluding hydrogens is 510 g/mol. The monoisotopic (exact) mass is 539 g/mol. The van der Waals surface area contributed by atoms with Crippen LogP contribution in [0.3, 0.4) is 0 Å². The van der Waals surface area contributed by atoms with Crippen LogP contribution in [0, 0.1) is 13.8 Å². The molecule has 0 fully saturated rings. The van der Waals surface area contributed by atoms with Gasteiger partial charge in [0, 0.05) is 31.3 Å². The summed E-state index contributed by atoms with van der Waals surface area (Å²) in [6.07, 6.45) is 5.49. The number of nitrogens with one attached hydrogen (secondary N) is 1. The number of para-hydroxylation sites is 1. The normalized spacial score (nSPS) is 13.1. The van der Waals surface area contributed by atoms with E-state index in [1.807, 2.05) is 13.0 Å². The van der Waals surface area contributed by atoms with Gasteiger partial charge in [0.25, 0.3) is 0 Å². The van der Waals surface area contributed by atoms with E-state index in [1.165, 1.54) is 39.0 Å². The number of anilines is 1. The van der Waals surface area contributed by atoms with Gasteiger partial charge in [-0.1, -0.05) is 6.07 Å². The molecule has 3 heterocycles. The van der Waals surface area contributed by atoms with E-state index in [0.717, 1.165) is 5.56 Å².